The number of ether oxygens (including phenoxy) is 1. The largest absolute Gasteiger partial charge is 0.507 e. The molecule has 2 atom stereocenters. The van der Waals surface area contributed by atoms with E-state index in [4.69, 9.17) is 9.84 Å². The summed E-state index contributed by atoms with van der Waals surface area (Å²) in [5.41, 5.74) is 5.18. The second kappa shape index (κ2) is 6.13. The van der Waals surface area contributed by atoms with Gasteiger partial charge in [0.05, 0.1) is 16.6 Å². The number of thiophene rings is 1. The van der Waals surface area contributed by atoms with E-state index in [-0.39, 0.29) is 18.0 Å². The molecule has 0 aliphatic carbocycles. The number of hydrogen-bond acceptors (Lipinski definition) is 5. The van der Waals surface area contributed by atoms with Gasteiger partial charge in [-0.3, -0.25) is 0 Å². The Balaban J connectivity index is 1.63. The van der Waals surface area contributed by atoms with Gasteiger partial charge in [-0.1, -0.05) is 29.8 Å². The number of hydrazone groups is 1. The van der Waals surface area contributed by atoms with Crippen molar-refractivity contribution in [3.8, 4) is 11.5 Å². The lowest BCUT2D eigenvalue weighted by molar-refractivity contribution is -0.0169. The zero-order chi connectivity index (χ0) is 18.5. The molecular formula is C22H20N2O2S. The first kappa shape index (κ1) is 16.4. The summed E-state index contributed by atoms with van der Waals surface area (Å²) in [6.45, 7) is 4.14. The maximum atomic E-state index is 10.4. The van der Waals surface area contributed by atoms with Crippen molar-refractivity contribution in [1.82, 2.24) is 5.01 Å². The van der Waals surface area contributed by atoms with Crippen LogP contribution in [0.5, 0.6) is 11.5 Å². The summed E-state index contributed by atoms with van der Waals surface area (Å²) in [7, 11) is 0. The fourth-order valence-electron chi connectivity index (χ4n) is 3.89. The van der Waals surface area contributed by atoms with Gasteiger partial charge < -0.3 is 9.84 Å². The van der Waals surface area contributed by atoms with Gasteiger partial charge in [0.25, 0.3) is 0 Å². The molecule has 0 spiro atoms. The van der Waals surface area contributed by atoms with Gasteiger partial charge in [-0.05, 0) is 49.1 Å². The quantitative estimate of drug-likeness (QED) is 0.659. The van der Waals surface area contributed by atoms with E-state index in [1.807, 2.05) is 37.3 Å². The van der Waals surface area contributed by atoms with E-state index >= 15 is 0 Å². The van der Waals surface area contributed by atoms with Crippen LogP contribution < -0.4 is 4.74 Å². The molecule has 2 aliphatic rings. The molecule has 136 valence electrons. The molecule has 0 amide bonds. The topological polar surface area (TPSA) is 45.1 Å². The first-order valence-electron chi connectivity index (χ1n) is 9.07. The second-order valence-corrected chi connectivity index (χ2v) is 8.09. The first-order chi connectivity index (χ1) is 13.1. The van der Waals surface area contributed by atoms with Gasteiger partial charge in [-0.15, -0.1) is 11.3 Å². The van der Waals surface area contributed by atoms with Crippen molar-refractivity contribution < 1.29 is 9.84 Å². The molecule has 2 unspecified atom stereocenters. The zero-order valence-corrected chi connectivity index (χ0v) is 16.0. The molecule has 5 rings (SSSR count). The van der Waals surface area contributed by atoms with Crippen LogP contribution in [0, 0.1) is 13.8 Å². The van der Waals surface area contributed by atoms with Crippen LogP contribution in [0.2, 0.25) is 0 Å². The Kier molecular flexibility index (Phi) is 3.72. The Morgan fingerprint density at radius 1 is 1.15 bits per heavy atom. The Morgan fingerprint density at radius 3 is 2.81 bits per heavy atom. The maximum absolute atomic E-state index is 10.4. The van der Waals surface area contributed by atoms with Crippen LogP contribution in [-0.4, -0.2) is 15.8 Å². The standard InChI is InChI=1S/C22H20N2O2S/c1-13-7-8-19(25)16(11-13)17-12-18-15-5-3-4-6-20(15)26-22(24(18)23-17)21-14(2)9-10-27-21/h3-11,18,22,25H,12H2,1-2H3. The van der Waals surface area contributed by atoms with Crippen LogP contribution in [0.4, 0.5) is 0 Å². The van der Waals surface area contributed by atoms with Crippen LogP contribution >= 0.6 is 11.3 Å². The molecule has 5 heteroatoms. The maximum Gasteiger partial charge on any atom is 0.223 e. The van der Waals surface area contributed by atoms with E-state index in [0.29, 0.717) is 0 Å². The van der Waals surface area contributed by atoms with Crippen molar-refractivity contribution in [2.75, 3.05) is 0 Å². The third kappa shape index (κ3) is 2.61. The minimum Gasteiger partial charge on any atom is -0.507 e. The summed E-state index contributed by atoms with van der Waals surface area (Å²) in [6.07, 6.45) is 0.507. The molecule has 0 saturated heterocycles. The van der Waals surface area contributed by atoms with Crippen molar-refractivity contribution in [1.29, 1.82) is 0 Å². The summed E-state index contributed by atoms with van der Waals surface area (Å²) in [6, 6.07) is 16.1. The molecule has 4 nitrogen and oxygen atoms in total. The normalized spacial score (nSPS) is 20.7. The average Bonchev–Trinajstić information content (AvgIpc) is 3.30. The SMILES string of the molecule is Cc1ccc(O)c(C2=NN3C(C2)c2ccccc2OC3c2sccc2C)c1. The Hall–Kier alpha value is -2.79. The van der Waals surface area contributed by atoms with E-state index in [1.54, 1.807) is 17.4 Å². The highest BCUT2D eigenvalue weighted by molar-refractivity contribution is 7.10. The molecule has 3 aromatic rings. The number of para-hydroxylation sites is 1. The number of phenols is 1. The molecule has 2 aliphatic heterocycles. The first-order valence-corrected chi connectivity index (χ1v) is 9.95. The van der Waals surface area contributed by atoms with Crippen LogP contribution in [0.15, 0.2) is 59.0 Å². The molecule has 0 fully saturated rings. The molecule has 1 aromatic heterocycles. The zero-order valence-electron chi connectivity index (χ0n) is 15.2. The smallest absolute Gasteiger partial charge is 0.223 e. The number of nitrogens with zero attached hydrogens (tertiary/aromatic N) is 2. The highest BCUT2D eigenvalue weighted by Gasteiger charge is 2.42. The molecule has 0 bridgehead atoms. The van der Waals surface area contributed by atoms with Crippen molar-refractivity contribution in [3.63, 3.8) is 0 Å². The van der Waals surface area contributed by atoms with Gasteiger partial charge in [0.1, 0.15) is 11.5 Å². The predicted octanol–water partition coefficient (Wildman–Crippen LogP) is 5.31. The predicted molar refractivity (Wildman–Crippen MR) is 107 cm³/mol. The van der Waals surface area contributed by atoms with E-state index in [0.717, 1.165) is 34.6 Å². The van der Waals surface area contributed by atoms with Gasteiger partial charge in [0.15, 0.2) is 0 Å². The number of fused-ring (bicyclic) bond motifs is 3. The van der Waals surface area contributed by atoms with E-state index in [2.05, 4.69) is 29.4 Å². The third-order valence-electron chi connectivity index (χ3n) is 5.29. The molecular weight excluding hydrogens is 356 g/mol. The van der Waals surface area contributed by atoms with Crippen molar-refractivity contribution in [2.45, 2.75) is 32.5 Å². The van der Waals surface area contributed by atoms with Crippen LogP contribution in [0.3, 0.4) is 0 Å². The van der Waals surface area contributed by atoms with Gasteiger partial charge in [-0.2, -0.15) is 5.10 Å². The Labute approximate surface area is 162 Å². The summed E-state index contributed by atoms with van der Waals surface area (Å²) in [4.78, 5) is 1.17. The summed E-state index contributed by atoms with van der Waals surface area (Å²) >= 11 is 1.70. The van der Waals surface area contributed by atoms with Crippen molar-refractivity contribution >= 4 is 17.0 Å². The third-order valence-corrected chi connectivity index (χ3v) is 6.34. The molecule has 0 radical (unpaired) electrons. The van der Waals surface area contributed by atoms with Gasteiger partial charge in [-0.25, -0.2) is 5.01 Å². The van der Waals surface area contributed by atoms with E-state index < -0.39 is 0 Å². The highest BCUT2D eigenvalue weighted by Crippen LogP contribution is 2.49. The lowest BCUT2D eigenvalue weighted by atomic mass is 9.95. The summed E-state index contributed by atoms with van der Waals surface area (Å²) in [5.74, 6) is 1.19. The molecule has 27 heavy (non-hydrogen) atoms. The fourth-order valence-corrected chi connectivity index (χ4v) is 4.83. The number of aryl methyl sites for hydroxylation is 2. The van der Waals surface area contributed by atoms with Gasteiger partial charge in [0.2, 0.25) is 6.23 Å². The molecule has 0 saturated carbocycles. The number of rotatable bonds is 2. The number of phenolic OH excluding ortho intramolecular Hbond substituents is 1. The van der Waals surface area contributed by atoms with Crippen LogP contribution in [0.25, 0.3) is 0 Å². The average molecular weight is 376 g/mol. The minimum atomic E-state index is -0.241. The number of benzene rings is 2. The summed E-state index contributed by atoms with van der Waals surface area (Å²) < 4.78 is 6.38. The molecule has 2 aromatic carbocycles. The number of hydrogen-bond donors (Lipinski definition) is 1. The number of aromatic hydroxyl groups is 1. The van der Waals surface area contributed by atoms with Crippen molar-refractivity contribution in [2.24, 2.45) is 5.10 Å². The van der Waals surface area contributed by atoms with Crippen molar-refractivity contribution in [3.05, 3.63) is 81.0 Å². The van der Waals surface area contributed by atoms with E-state index in [9.17, 15) is 5.11 Å². The van der Waals surface area contributed by atoms with Crippen LogP contribution in [0.1, 0.15) is 45.8 Å². The summed E-state index contributed by atoms with van der Waals surface area (Å²) in [5, 5.41) is 19.5. The second-order valence-electron chi connectivity index (χ2n) is 7.14. The van der Waals surface area contributed by atoms with E-state index in [1.165, 1.54) is 10.4 Å². The monoisotopic (exact) mass is 376 g/mol. The van der Waals surface area contributed by atoms with Crippen LogP contribution in [-0.2, 0) is 0 Å². The minimum absolute atomic E-state index is 0.108. The molecule has 1 N–H and O–H groups in total. The lowest BCUT2D eigenvalue weighted by Crippen LogP contribution is -2.33. The molecule has 3 heterocycles. The lowest BCUT2D eigenvalue weighted by Gasteiger charge is -2.37. The van der Waals surface area contributed by atoms with Gasteiger partial charge in [0, 0.05) is 17.5 Å². The Bertz CT molecular complexity index is 1060. The highest BCUT2D eigenvalue weighted by atomic mass is 32.1. The fraction of sp³-hybridized carbons (Fsp3) is 0.227. The Morgan fingerprint density at radius 2 is 2.00 bits per heavy atom. The van der Waals surface area contributed by atoms with Gasteiger partial charge >= 0.3 is 0 Å².